The average molecular weight is 256 g/mol. The molecule has 0 aliphatic carbocycles. The van der Waals surface area contributed by atoms with E-state index in [4.69, 9.17) is 0 Å². The van der Waals surface area contributed by atoms with Gasteiger partial charge in [0.15, 0.2) is 6.29 Å². The Labute approximate surface area is 102 Å². The summed E-state index contributed by atoms with van der Waals surface area (Å²) in [5.74, 6) is 0. The lowest BCUT2D eigenvalue weighted by atomic mass is 10.2. The minimum Gasteiger partial charge on any atom is -0.298 e. The van der Waals surface area contributed by atoms with Crippen LogP contribution in [0.3, 0.4) is 0 Å². The summed E-state index contributed by atoms with van der Waals surface area (Å²) in [6.45, 7) is 2.32. The predicted molar refractivity (Wildman–Crippen MR) is 67.3 cm³/mol. The zero-order valence-corrected chi connectivity index (χ0v) is 10.7. The molecule has 0 radical (unpaired) electrons. The van der Waals surface area contributed by atoms with Gasteiger partial charge in [0.1, 0.15) is 0 Å². The van der Waals surface area contributed by atoms with Crippen LogP contribution in [0.15, 0.2) is 24.3 Å². The number of hydrogen-bond donors (Lipinski definition) is 1. The Balaban J connectivity index is 2.94. The number of aldehydes is 1. The number of nitrogens with zero attached hydrogens (tertiary/aromatic N) is 1. The van der Waals surface area contributed by atoms with Crippen LogP contribution in [-0.4, -0.2) is 32.6 Å². The van der Waals surface area contributed by atoms with Crippen molar-refractivity contribution in [3.05, 3.63) is 29.8 Å². The van der Waals surface area contributed by atoms with Crippen molar-refractivity contribution in [1.82, 2.24) is 4.31 Å². The molecule has 0 saturated carbocycles. The third-order valence-corrected chi connectivity index (χ3v) is 3.76. The molecular formula is C11H16N2O3S. The van der Waals surface area contributed by atoms with Crippen molar-refractivity contribution in [3.63, 3.8) is 0 Å². The quantitative estimate of drug-likeness (QED) is 0.784. The van der Waals surface area contributed by atoms with Gasteiger partial charge in [-0.25, -0.2) is 0 Å². The summed E-state index contributed by atoms with van der Waals surface area (Å²) in [5.41, 5.74) is 0.617. The highest BCUT2D eigenvalue weighted by Gasteiger charge is 2.17. The van der Waals surface area contributed by atoms with Crippen LogP contribution in [0, 0.1) is 0 Å². The largest absolute Gasteiger partial charge is 0.301 e. The second-order valence-electron chi connectivity index (χ2n) is 3.63. The Morgan fingerprint density at radius 2 is 2.00 bits per heavy atom. The van der Waals surface area contributed by atoms with Gasteiger partial charge in [0.2, 0.25) is 0 Å². The van der Waals surface area contributed by atoms with E-state index in [9.17, 15) is 13.2 Å². The maximum absolute atomic E-state index is 11.9. The van der Waals surface area contributed by atoms with E-state index < -0.39 is 10.2 Å². The second kappa shape index (κ2) is 5.79. The molecule has 5 nitrogen and oxygen atoms in total. The van der Waals surface area contributed by atoms with Gasteiger partial charge in [-0.15, -0.1) is 0 Å². The van der Waals surface area contributed by atoms with E-state index in [-0.39, 0.29) is 0 Å². The first kappa shape index (κ1) is 13.7. The number of carbonyl (C=O) groups excluding carboxylic acids is 1. The van der Waals surface area contributed by atoms with Crippen LogP contribution >= 0.6 is 0 Å². The molecule has 6 heteroatoms. The third-order valence-electron chi connectivity index (χ3n) is 2.28. The van der Waals surface area contributed by atoms with Gasteiger partial charge in [-0.3, -0.25) is 9.52 Å². The molecule has 94 valence electrons. The maximum Gasteiger partial charge on any atom is 0.301 e. The Morgan fingerprint density at radius 1 is 1.35 bits per heavy atom. The van der Waals surface area contributed by atoms with Gasteiger partial charge >= 0.3 is 10.2 Å². The van der Waals surface area contributed by atoms with Gasteiger partial charge in [-0.1, -0.05) is 19.1 Å². The summed E-state index contributed by atoms with van der Waals surface area (Å²) >= 11 is 0. The van der Waals surface area contributed by atoms with Crippen molar-refractivity contribution in [1.29, 1.82) is 0 Å². The molecule has 0 spiro atoms. The summed E-state index contributed by atoms with van der Waals surface area (Å²) in [6, 6.07) is 6.47. The first-order valence-electron chi connectivity index (χ1n) is 5.29. The van der Waals surface area contributed by atoms with Gasteiger partial charge in [-0.05, 0) is 18.6 Å². The SMILES string of the molecule is CCCN(C)S(=O)(=O)Nc1ccccc1C=O. The first-order chi connectivity index (χ1) is 8.01. The molecule has 0 amide bonds. The van der Waals surface area contributed by atoms with Gasteiger partial charge in [0.05, 0.1) is 5.69 Å². The van der Waals surface area contributed by atoms with E-state index in [0.29, 0.717) is 24.1 Å². The van der Waals surface area contributed by atoms with Crippen LogP contribution < -0.4 is 4.72 Å². The third kappa shape index (κ3) is 3.54. The number of hydrogen-bond acceptors (Lipinski definition) is 3. The summed E-state index contributed by atoms with van der Waals surface area (Å²) in [5, 5.41) is 0. The molecule has 0 bridgehead atoms. The first-order valence-corrected chi connectivity index (χ1v) is 6.73. The molecule has 0 atom stereocenters. The van der Waals surface area contributed by atoms with Crippen molar-refractivity contribution in [2.75, 3.05) is 18.3 Å². The number of anilines is 1. The number of rotatable bonds is 6. The maximum atomic E-state index is 11.9. The summed E-state index contributed by atoms with van der Waals surface area (Å²) in [7, 11) is -2.09. The van der Waals surface area contributed by atoms with E-state index in [0.717, 1.165) is 6.42 Å². The second-order valence-corrected chi connectivity index (χ2v) is 5.41. The highest BCUT2D eigenvalue weighted by molar-refractivity contribution is 7.90. The molecule has 17 heavy (non-hydrogen) atoms. The standard InChI is InChI=1S/C11H16N2O3S/c1-3-8-13(2)17(15,16)12-11-7-5-4-6-10(11)9-14/h4-7,9,12H,3,8H2,1-2H3. The Bertz CT molecular complexity index is 485. The average Bonchev–Trinajstić information content (AvgIpc) is 2.29. The monoisotopic (exact) mass is 256 g/mol. The molecule has 1 rings (SSSR count). The number of nitrogens with one attached hydrogen (secondary N) is 1. The summed E-state index contributed by atoms with van der Waals surface area (Å²) < 4.78 is 27.3. The topological polar surface area (TPSA) is 66.5 Å². The number of benzene rings is 1. The molecule has 0 aliphatic heterocycles. The lowest BCUT2D eigenvalue weighted by molar-refractivity contribution is 0.112. The lowest BCUT2D eigenvalue weighted by Gasteiger charge is -2.18. The Kier molecular flexibility index (Phi) is 4.65. The highest BCUT2D eigenvalue weighted by Crippen LogP contribution is 2.15. The molecule has 0 aromatic heterocycles. The van der Waals surface area contributed by atoms with E-state index in [2.05, 4.69) is 4.72 Å². The molecule has 1 aromatic carbocycles. The van der Waals surface area contributed by atoms with Crippen LogP contribution in [0.25, 0.3) is 0 Å². The molecule has 0 aliphatic rings. The van der Waals surface area contributed by atoms with Gasteiger partial charge in [-0.2, -0.15) is 12.7 Å². The van der Waals surface area contributed by atoms with Crippen LogP contribution in [0.1, 0.15) is 23.7 Å². The van der Waals surface area contributed by atoms with Crippen molar-refractivity contribution >= 4 is 22.2 Å². The van der Waals surface area contributed by atoms with Gasteiger partial charge in [0.25, 0.3) is 0 Å². The summed E-state index contributed by atoms with van der Waals surface area (Å²) in [4.78, 5) is 10.8. The molecule has 1 aromatic rings. The van der Waals surface area contributed by atoms with Crippen LogP contribution in [0.5, 0.6) is 0 Å². The van der Waals surface area contributed by atoms with E-state index in [1.807, 2.05) is 6.92 Å². The van der Waals surface area contributed by atoms with Gasteiger partial charge < -0.3 is 0 Å². The van der Waals surface area contributed by atoms with E-state index >= 15 is 0 Å². The molecular weight excluding hydrogens is 240 g/mol. The van der Waals surface area contributed by atoms with Crippen LogP contribution in [0.4, 0.5) is 5.69 Å². The fourth-order valence-electron chi connectivity index (χ4n) is 1.34. The van der Waals surface area contributed by atoms with Crippen molar-refractivity contribution in [3.8, 4) is 0 Å². The zero-order valence-electron chi connectivity index (χ0n) is 9.88. The lowest BCUT2D eigenvalue weighted by Crippen LogP contribution is -2.33. The normalized spacial score (nSPS) is 11.5. The van der Waals surface area contributed by atoms with Crippen molar-refractivity contribution < 1.29 is 13.2 Å². The zero-order chi connectivity index (χ0) is 12.9. The minimum atomic E-state index is -3.58. The smallest absolute Gasteiger partial charge is 0.298 e. The fourth-order valence-corrected chi connectivity index (χ4v) is 2.39. The molecule has 0 saturated heterocycles. The van der Waals surface area contributed by atoms with Crippen LogP contribution in [0.2, 0.25) is 0 Å². The highest BCUT2D eigenvalue weighted by atomic mass is 32.2. The molecule has 0 fully saturated rings. The molecule has 1 N–H and O–H groups in total. The van der Waals surface area contributed by atoms with Crippen LogP contribution in [-0.2, 0) is 10.2 Å². The molecule has 0 heterocycles. The minimum absolute atomic E-state index is 0.297. The Morgan fingerprint density at radius 3 is 2.59 bits per heavy atom. The van der Waals surface area contributed by atoms with Gasteiger partial charge in [0, 0.05) is 19.2 Å². The summed E-state index contributed by atoms with van der Waals surface area (Å²) in [6.07, 6.45) is 1.35. The predicted octanol–water partition coefficient (Wildman–Crippen LogP) is 1.50. The van der Waals surface area contributed by atoms with E-state index in [1.165, 1.54) is 11.4 Å². The number of para-hydroxylation sites is 1. The molecule has 0 unspecified atom stereocenters. The fraction of sp³-hybridized carbons (Fsp3) is 0.364. The Hall–Kier alpha value is -1.40. The van der Waals surface area contributed by atoms with Crippen molar-refractivity contribution in [2.24, 2.45) is 0 Å². The van der Waals surface area contributed by atoms with E-state index in [1.54, 1.807) is 24.3 Å². The van der Waals surface area contributed by atoms with Crippen molar-refractivity contribution in [2.45, 2.75) is 13.3 Å². The number of carbonyl (C=O) groups is 1.